The van der Waals surface area contributed by atoms with Gasteiger partial charge in [-0.15, -0.1) is 0 Å². The molecule has 2 atom stereocenters. The Morgan fingerprint density at radius 2 is 1.79 bits per heavy atom. The summed E-state index contributed by atoms with van der Waals surface area (Å²) in [6.07, 6.45) is -0.106. The summed E-state index contributed by atoms with van der Waals surface area (Å²) >= 11 is 12.4. The third kappa shape index (κ3) is 4.77. The summed E-state index contributed by atoms with van der Waals surface area (Å²) in [7, 11) is 0. The molecule has 0 bridgehead atoms. The number of carbonyl (C=O) groups excluding carboxylic acids is 2. The van der Waals surface area contributed by atoms with Crippen molar-refractivity contribution in [1.29, 1.82) is 0 Å². The summed E-state index contributed by atoms with van der Waals surface area (Å²) in [6, 6.07) is 4.93. The monoisotopic (exact) mass is 440 g/mol. The van der Waals surface area contributed by atoms with Crippen LogP contribution in [0.2, 0.25) is 10.0 Å². The van der Waals surface area contributed by atoms with Crippen LogP contribution in [0.5, 0.6) is 0 Å². The molecular weight excluding hydrogens is 415 g/mol. The van der Waals surface area contributed by atoms with Crippen molar-refractivity contribution in [1.82, 2.24) is 9.80 Å². The molecule has 1 aromatic rings. The highest BCUT2D eigenvalue weighted by molar-refractivity contribution is 6.41. The van der Waals surface area contributed by atoms with Crippen LogP contribution in [-0.2, 0) is 19.1 Å². The van der Waals surface area contributed by atoms with Crippen LogP contribution in [-0.4, -0.2) is 66.2 Å². The van der Waals surface area contributed by atoms with Gasteiger partial charge in [-0.3, -0.25) is 14.5 Å². The van der Waals surface area contributed by atoms with Crippen molar-refractivity contribution in [2.45, 2.75) is 46.0 Å². The summed E-state index contributed by atoms with van der Waals surface area (Å²) < 4.78 is 11.4. The fourth-order valence-corrected chi connectivity index (χ4v) is 4.24. The van der Waals surface area contributed by atoms with Crippen molar-refractivity contribution in [2.24, 2.45) is 0 Å². The maximum Gasteiger partial charge on any atom is 0.277 e. The number of ether oxygens (including phenoxy) is 2. The van der Waals surface area contributed by atoms with Gasteiger partial charge >= 0.3 is 0 Å². The van der Waals surface area contributed by atoms with Gasteiger partial charge in [0.15, 0.2) is 0 Å². The van der Waals surface area contributed by atoms with Crippen molar-refractivity contribution < 1.29 is 19.1 Å². The molecule has 0 saturated carbocycles. The molecule has 6 nitrogen and oxygen atoms in total. The van der Waals surface area contributed by atoms with E-state index in [4.69, 9.17) is 32.7 Å². The van der Waals surface area contributed by atoms with Crippen molar-refractivity contribution in [3.63, 3.8) is 0 Å². The lowest BCUT2D eigenvalue weighted by Crippen LogP contribution is -2.47. The molecule has 0 aromatic heterocycles. The Morgan fingerprint density at radius 3 is 2.38 bits per heavy atom. The minimum Gasteiger partial charge on any atom is -0.377 e. The van der Waals surface area contributed by atoms with Crippen LogP contribution in [0.1, 0.15) is 33.3 Å². The predicted octanol–water partition coefficient (Wildman–Crippen LogP) is 3.61. The third-order valence-corrected chi connectivity index (χ3v) is 5.39. The lowest BCUT2D eigenvalue weighted by Gasteiger charge is -2.37. The van der Waals surface area contributed by atoms with Crippen molar-refractivity contribution in [2.75, 3.05) is 26.2 Å². The first kappa shape index (κ1) is 22.1. The fraction of sp³-hybridized carbons (Fsp3) is 0.524. The minimum atomic E-state index is -0.367. The van der Waals surface area contributed by atoms with E-state index in [0.29, 0.717) is 40.0 Å². The van der Waals surface area contributed by atoms with Gasteiger partial charge in [-0.2, -0.15) is 0 Å². The second-order valence-electron chi connectivity index (χ2n) is 7.69. The molecule has 2 unspecified atom stereocenters. The van der Waals surface area contributed by atoms with Crippen LogP contribution < -0.4 is 0 Å². The van der Waals surface area contributed by atoms with Crippen molar-refractivity contribution in [3.8, 4) is 0 Å². The molecule has 0 radical (unpaired) electrons. The van der Waals surface area contributed by atoms with Gasteiger partial charge in [-0.1, -0.05) is 29.3 Å². The molecule has 3 rings (SSSR count). The van der Waals surface area contributed by atoms with Gasteiger partial charge < -0.3 is 14.4 Å². The third-order valence-electron chi connectivity index (χ3n) is 4.85. The number of nitrogens with zero attached hydrogens (tertiary/aromatic N) is 2. The van der Waals surface area contributed by atoms with Crippen LogP contribution in [0.15, 0.2) is 23.9 Å². The summed E-state index contributed by atoms with van der Waals surface area (Å²) in [5.74, 6) is -0.696. The number of carbonyl (C=O) groups is 2. The van der Waals surface area contributed by atoms with E-state index >= 15 is 0 Å². The van der Waals surface area contributed by atoms with Crippen LogP contribution in [0.4, 0.5) is 0 Å². The highest BCUT2D eigenvalue weighted by Gasteiger charge is 2.43. The smallest absolute Gasteiger partial charge is 0.277 e. The molecule has 2 amide bonds. The molecule has 0 spiro atoms. The summed E-state index contributed by atoms with van der Waals surface area (Å²) in [5.41, 5.74) is 1.18. The van der Waals surface area contributed by atoms with E-state index in [2.05, 4.69) is 0 Å². The molecule has 0 aliphatic carbocycles. The summed E-state index contributed by atoms with van der Waals surface area (Å²) in [4.78, 5) is 29.8. The maximum absolute atomic E-state index is 13.3. The highest BCUT2D eigenvalue weighted by atomic mass is 35.5. The Balaban J connectivity index is 2.02. The van der Waals surface area contributed by atoms with Gasteiger partial charge in [0.05, 0.1) is 42.1 Å². The van der Waals surface area contributed by atoms with E-state index in [9.17, 15) is 9.59 Å². The predicted molar refractivity (Wildman–Crippen MR) is 113 cm³/mol. The molecule has 2 aliphatic heterocycles. The Hall–Kier alpha value is -1.60. The normalized spacial score (nSPS) is 23.0. The van der Waals surface area contributed by atoms with E-state index in [1.807, 2.05) is 32.6 Å². The van der Waals surface area contributed by atoms with E-state index < -0.39 is 0 Å². The summed E-state index contributed by atoms with van der Waals surface area (Å²) in [6.45, 7) is 9.22. The van der Waals surface area contributed by atoms with Crippen LogP contribution in [0.25, 0.3) is 5.57 Å². The van der Waals surface area contributed by atoms with Gasteiger partial charge in [-0.25, -0.2) is 0 Å². The largest absolute Gasteiger partial charge is 0.377 e. The number of halogens is 2. The minimum absolute atomic E-state index is 0.0151. The number of amides is 2. The van der Waals surface area contributed by atoms with Crippen LogP contribution in [0.3, 0.4) is 0 Å². The van der Waals surface area contributed by atoms with Gasteiger partial charge in [0.2, 0.25) is 0 Å². The van der Waals surface area contributed by atoms with Crippen LogP contribution in [0, 0.1) is 0 Å². The first-order valence-electron chi connectivity index (χ1n) is 9.77. The molecule has 1 saturated heterocycles. The van der Waals surface area contributed by atoms with Gasteiger partial charge in [-0.05, 0) is 39.8 Å². The quantitative estimate of drug-likeness (QED) is 0.632. The molecule has 0 N–H and O–H groups in total. The first-order valence-corrected chi connectivity index (χ1v) is 10.5. The Labute approximate surface area is 181 Å². The Morgan fingerprint density at radius 1 is 1.14 bits per heavy atom. The van der Waals surface area contributed by atoms with Gasteiger partial charge in [0.1, 0.15) is 5.70 Å². The zero-order valence-electron chi connectivity index (χ0n) is 17.1. The number of imide groups is 1. The number of rotatable bonds is 6. The van der Waals surface area contributed by atoms with Crippen molar-refractivity contribution >= 4 is 40.6 Å². The Kier molecular flexibility index (Phi) is 6.89. The van der Waals surface area contributed by atoms with Crippen LogP contribution >= 0.6 is 23.2 Å². The number of hydrogen-bond acceptors (Lipinski definition) is 5. The lowest BCUT2D eigenvalue weighted by atomic mass is 10.0. The number of morpholine rings is 1. The zero-order valence-corrected chi connectivity index (χ0v) is 18.6. The second-order valence-corrected chi connectivity index (χ2v) is 8.54. The molecule has 1 fully saturated rings. The van der Waals surface area contributed by atoms with E-state index in [1.165, 1.54) is 4.90 Å². The van der Waals surface area contributed by atoms with Gasteiger partial charge in [0, 0.05) is 23.7 Å². The average Bonchev–Trinajstić information content (AvgIpc) is 2.85. The molecule has 158 valence electrons. The Bertz CT molecular complexity index is 830. The fourth-order valence-electron chi connectivity index (χ4n) is 3.73. The molecular formula is C21H26Cl2N2O4. The maximum atomic E-state index is 13.3. The van der Waals surface area contributed by atoms with Crippen molar-refractivity contribution in [3.05, 3.63) is 39.5 Å². The topological polar surface area (TPSA) is 59.1 Å². The summed E-state index contributed by atoms with van der Waals surface area (Å²) in [5, 5.41) is 0.800. The average molecular weight is 441 g/mol. The molecule has 1 aromatic carbocycles. The molecule has 2 aliphatic rings. The van der Waals surface area contributed by atoms with E-state index in [1.54, 1.807) is 18.2 Å². The van der Waals surface area contributed by atoms with Gasteiger partial charge in [0.25, 0.3) is 11.8 Å². The van der Waals surface area contributed by atoms with E-state index in [-0.39, 0.29) is 43.3 Å². The van der Waals surface area contributed by atoms with E-state index in [0.717, 1.165) is 0 Å². The highest BCUT2D eigenvalue weighted by Crippen LogP contribution is 2.37. The SMILES string of the molecule is CC(C)OCCN1C(=O)C(c2ccc(Cl)cc2Cl)=C(N2CC(C)OC(C)C2)C1=O. The molecule has 2 heterocycles. The second kappa shape index (κ2) is 9.04. The number of benzene rings is 1. The lowest BCUT2D eigenvalue weighted by molar-refractivity contribution is -0.139. The molecule has 29 heavy (non-hydrogen) atoms. The standard InChI is InChI=1S/C21H26Cl2N2O4/c1-12(2)28-8-7-25-20(26)18(16-6-5-15(22)9-17(16)23)19(21(25)27)24-10-13(3)29-14(4)11-24/h5-6,9,12-14H,7-8,10-11H2,1-4H3. The zero-order chi connectivity index (χ0) is 21.3. The first-order chi connectivity index (χ1) is 13.7. The number of hydrogen-bond donors (Lipinski definition) is 0. The molecule has 8 heteroatoms.